The Kier molecular flexibility index (Phi) is 5.49. The molecule has 156 valence electrons. The van der Waals surface area contributed by atoms with Gasteiger partial charge in [-0.2, -0.15) is 0 Å². The molecule has 1 aliphatic rings. The summed E-state index contributed by atoms with van der Waals surface area (Å²) in [6.07, 6.45) is 2.93. The normalized spacial score (nSPS) is 14.2. The average Bonchev–Trinajstić information content (AvgIpc) is 3.25. The van der Waals surface area contributed by atoms with Crippen LogP contribution in [0.25, 0.3) is 10.2 Å². The van der Waals surface area contributed by atoms with Crippen LogP contribution in [0.5, 0.6) is 0 Å². The molecule has 1 aromatic carbocycles. The summed E-state index contributed by atoms with van der Waals surface area (Å²) in [7, 11) is 0. The number of aromatic nitrogens is 2. The van der Waals surface area contributed by atoms with Crippen LogP contribution in [-0.4, -0.2) is 38.0 Å². The Balaban J connectivity index is 1.71. The number of hydrogen-bond donors (Lipinski definition) is 0. The summed E-state index contributed by atoms with van der Waals surface area (Å²) in [6.45, 7) is 1.14. The number of piperidine rings is 1. The largest absolute Gasteiger partial charge is 0.341 e. The van der Waals surface area contributed by atoms with Crippen LogP contribution in [-0.2, 0) is 17.9 Å². The summed E-state index contributed by atoms with van der Waals surface area (Å²) in [5.41, 5.74) is 0.117. The molecule has 0 N–H and O–H groups in total. The SMILES string of the molecule is O=C(Cn1c(=O)c2sccc2n(Cc2ccc([N+](=O)[O-])cc2)c1=O)N1CCCCC1. The summed E-state index contributed by atoms with van der Waals surface area (Å²) in [4.78, 5) is 50.8. The van der Waals surface area contributed by atoms with Gasteiger partial charge in [-0.1, -0.05) is 12.1 Å². The smallest absolute Gasteiger partial charge is 0.332 e. The molecule has 9 nitrogen and oxygen atoms in total. The monoisotopic (exact) mass is 428 g/mol. The molecule has 1 amide bonds. The van der Waals surface area contributed by atoms with E-state index < -0.39 is 16.2 Å². The van der Waals surface area contributed by atoms with Crippen LogP contribution < -0.4 is 11.2 Å². The fourth-order valence-electron chi connectivity index (χ4n) is 3.71. The third-order valence-electron chi connectivity index (χ3n) is 5.33. The number of carbonyl (C=O) groups is 1. The molecular formula is C20H20N4O5S. The number of nitro groups is 1. The molecule has 0 bridgehead atoms. The fourth-order valence-corrected chi connectivity index (χ4v) is 4.55. The van der Waals surface area contributed by atoms with Crippen molar-refractivity contribution >= 4 is 33.1 Å². The van der Waals surface area contributed by atoms with Crippen LogP contribution in [0, 0.1) is 10.1 Å². The van der Waals surface area contributed by atoms with Crippen molar-refractivity contribution in [1.82, 2.24) is 14.0 Å². The molecule has 1 aliphatic heterocycles. The van der Waals surface area contributed by atoms with E-state index in [1.54, 1.807) is 28.5 Å². The lowest BCUT2D eigenvalue weighted by Crippen LogP contribution is -2.45. The van der Waals surface area contributed by atoms with E-state index >= 15 is 0 Å². The van der Waals surface area contributed by atoms with Crippen molar-refractivity contribution < 1.29 is 9.72 Å². The maximum Gasteiger partial charge on any atom is 0.332 e. The molecule has 0 aliphatic carbocycles. The minimum Gasteiger partial charge on any atom is -0.341 e. The van der Waals surface area contributed by atoms with E-state index in [1.807, 2.05) is 0 Å². The van der Waals surface area contributed by atoms with Crippen molar-refractivity contribution in [2.75, 3.05) is 13.1 Å². The van der Waals surface area contributed by atoms with Gasteiger partial charge in [0.25, 0.3) is 11.2 Å². The summed E-state index contributed by atoms with van der Waals surface area (Å²) in [5, 5.41) is 12.6. The molecule has 1 fully saturated rings. The van der Waals surface area contributed by atoms with Crippen LogP contribution in [0.3, 0.4) is 0 Å². The molecule has 3 aromatic rings. The van der Waals surface area contributed by atoms with Crippen molar-refractivity contribution in [2.24, 2.45) is 0 Å². The number of benzene rings is 1. The lowest BCUT2D eigenvalue weighted by atomic mass is 10.1. The number of rotatable bonds is 5. The van der Waals surface area contributed by atoms with E-state index in [9.17, 15) is 24.5 Å². The minimum atomic E-state index is -0.561. The second-order valence-corrected chi connectivity index (χ2v) is 8.18. The standard InChI is InChI=1S/C20H20N4O5S/c25-17(21-9-2-1-3-10-21)13-23-19(26)18-16(8-11-30-18)22(20(23)27)12-14-4-6-15(7-5-14)24(28)29/h4-8,11H,1-3,9-10,12-13H2. The highest BCUT2D eigenvalue weighted by Gasteiger charge is 2.21. The molecule has 0 saturated carbocycles. The van der Waals surface area contributed by atoms with Crippen molar-refractivity contribution in [3.05, 3.63) is 72.2 Å². The van der Waals surface area contributed by atoms with Crippen LogP contribution in [0.4, 0.5) is 5.69 Å². The number of hydrogen-bond acceptors (Lipinski definition) is 6. The molecular weight excluding hydrogens is 408 g/mol. The Labute approximate surface area is 174 Å². The lowest BCUT2D eigenvalue weighted by molar-refractivity contribution is -0.384. The van der Waals surface area contributed by atoms with E-state index in [4.69, 9.17) is 0 Å². The molecule has 10 heteroatoms. The van der Waals surface area contributed by atoms with Crippen molar-refractivity contribution in [3.63, 3.8) is 0 Å². The third kappa shape index (κ3) is 3.78. The Bertz CT molecular complexity index is 1220. The Morgan fingerprint density at radius 1 is 1.03 bits per heavy atom. The molecule has 3 heterocycles. The molecule has 0 unspecified atom stereocenters. The predicted molar refractivity (Wildman–Crippen MR) is 113 cm³/mol. The van der Waals surface area contributed by atoms with Gasteiger partial charge in [0.2, 0.25) is 5.91 Å². The molecule has 0 atom stereocenters. The quantitative estimate of drug-likeness (QED) is 0.457. The van der Waals surface area contributed by atoms with Crippen molar-refractivity contribution in [3.8, 4) is 0 Å². The number of nitro benzene ring substituents is 1. The van der Waals surface area contributed by atoms with E-state index in [2.05, 4.69) is 0 Å². The van der Waals surface area contributed by atoms with Crippen molar-refractivity contribution in [1.29, 1.82) is 0 Å². The van der Waals surface area contributed by atoms with Gasteiger partial charge in [0.15, 0.2) is 0 Å². The van der Waals surface area contributed by atoms with Crippen molar-refractivity contribution in [2.45, 2.75) is 32.4 Å². The number of fused-ring (bicyclic) bond motifs is 1. The maximum atomic E-state index is 13.2. The fraction of sp³-hybridized carbons (Fsp3) is 0.350. The predicted octanol–water partition coefficient (Wildman–Crippen LogP) is 2.19. The van der Waals surface area contributed by atoms with Crippen LogP contribution in [0.1, 0.15) is 24.8 Å². The molecule has 2 aromatic heterocycles. The number of likely N-dealkylation sites (tertiary alicyclic amines) is 1. The lowest BCUT2D eigenvalue weighted by Gasteiger charge is -2.26. The van der Waals surface area contributed by atoms with Gasteiger partial charge in [0.05, 0.1) is 17.0 Å². The van der Waals surface area contributed by atoms with Gasteiger partial charge in [-0.15, -0.1) is 11.3 Å². The van der Waals surface area contributed by atoms with Crippen LogP contribution in [0.15, 0.2) is 45.3 Å². The Hall–Kier alpha value is -3.27. The van der Waals surface area contributed by atoms with Gasteiger partial charge in [0.1, 0.15) is 11.2 Å². The van der Waals surface area contributed by atoms with Gasteiger partial charge in [0, 0.05) is 25.2 Å². The topological polar surface area (TPSA) is 107 Å². The number of non-ortho nitro benzene ring substituents is 1. The van der Waals surface area contributed by atoms with Gasteiger partial charge in [-0.25, -0.2) is 9.36 Å². The highest BCUT2D eigenvalue weighted by molar-refractivity contribution is 7.17. The highest BCUT2D eigenvalue weighted by atomic mass is 32.1. The van der Waals surface area contributed by atoms with Gasteiger partial charge in [-0.05, 0) is 36.3 Å². The highest BCUT2D eigenvalue weighted by Crippen LogP contribution is 2.18. The van der Waals surface area contributed by atoms with E-state index in [1.165, 1.54) is 28.0 Å². The van der Waals surface area contributed by atoms with E-state index in [0.717, 1.165) is 23.8 Å². The second-order valence-electron chi connectivity index (χ2n) is 7.26. The second kappa shape index (κ2) is 8.23. The van der Waals surface area contributed by atoms with E-state index in [0.29, 0.717) is 28.9 Å². The molecule has 4 rings (SSSR count). The first kappa shape index (κ1) is 20.0. The molecule has 30 heavy (non-hydrogen) atoms. The zero-order valence-electron chi connectivity index (χ0n) is 16.2. The number of thiophene rings is 1. The summed E-state index contributed by atoms with van der Waals surface area (Å²) in [5.74, 6) is -0.230. The molecule has 0 spiro atoms. The third-order valence-corrected chi connectivity index (χ3v) is 6.22. The first-order chi connectivity index (χ1) is 14.5. The van der Waals surface area contributed by atoms with Gasteiger partial charge in [-0.3, -0.25) is 24.3 Å². The molecule has 0 radical (unpaired) electrons. The summed E-state index contributed by atoms with van der Waals surface area (Å²) < 4.78 is 2.85. The number of carbonyl (C=O) groups excluding carboxylic acids is 1. The number of amides is 1. The minimum absolute atomic E-state index is 0.0381. The maximum absolute atomic E-state index is 13.2. The van der Waals surface area contributed by atoms with E-state index in [-0.39, 0.29) is 24.7 Å². The first-order valence-corrected chi connectivity index (χ1v) is 10.6. The number of nitrogens with zero attached hydrogens (tertiary/aromatic N) is 4. The average molecular weight is 428 g/mol. The van der Waals surface area contributed by atoms with Gasteiger partial charge < -0.3 is 4.90 Å². The first-order valence-electron chi connectivity index (χ1n) is 9.67. The summed E-state index contributed by atoms with van der Waals surface area (Å²) in [6, 6.07) is 7.61. The Morgan fingerprint density at radius 3 is 2.40 bits per heavy atom. The molecule has 1 saturated heterocycles. The zero-order chi connectivity index (χ0) is 21.3. The van der Waals surface area contributed by atoms with Gasteiger partial charge >= 0.3 is 5.69 Å². The van der Waals surface area contributed by atoms with Crippen LogP contribution >= 0.6 is 11.3 Å². The summed E-state index contributed by atoms with van der Waals surface area (Å²) >= 11 is 1.22. The zero-order valence-corrected chi connectivity index (χ0v) is 17.0. The Morgan fingerprint density at radius 2 is 1.73 bits per heavy atom. The van der Waals surface area contributed by atoms with Crippen LogP contribution in [0.2, 0.25) is 0 Å².